The van der Waals surface area contributed by atoms with Crippen LogP contribution in [-0.2, 0) is 4.79 Å². The summed E-state index contributed by atoms with van der Waals surface area (Å²) in [5.74, 6) is 0.272. The molecule has 2 N–H and O–H groups in total. The third-order valence-electron chi connectivity index (χ3n) is 2.44. The highest BCUT2D eigenvalue weighted by atomic mass is 16.5. The zero-order chi connectivity index (χ0) is 13.4. The molecule has 1 aromatic carbocycles. The predicted octanol–water partition coefficient (Wildman–Crippen LogP) is 1.67. The number of rotatable bonds is 6. The highest BCUT2D eigenvalue weighted by Gasteiger charge is 2.11. The molecular weight excluding hydrogens is 232 g/mol. The summed E-state index contributed by atoms with van der Waals surface area (Å²) in [6.45, 7) is 0.0748. The van der Waals surface area contributed by atoms with E-state index in [0.717, 1.165) is 0 Å². The quantitative estimate of drug-likeness (QED) is 0.750. The van der Waals surface area contributed by atoms with Crippen molar-refractivity contribution >= 4 is 11.6 Å². The molecule has 0 saturated carbocycles. The summed E-state index contributed by atoms with van der Waals surface area (Å²) in [4.78, 5) is 11.7. The molecule has 0 aliphatic rings. The number of nitrogens with zero attached hydrogens (tertiary/aromatic N) is 1. The van der Waals surface area contributed by atoms with Gasteiger partial charge in [0, 0.05) is 13.0 Å². The molecule has 0 atom stereocenters. The van der Waals surface area contributed by atoms with Crippen molar-refractivity contribution in [1.29, 1.82) is 5.26 Å². The number of hydrogen-bond acceptors (Lipinski definition) is 4. The first kappa shape index (κ1) is 14.0. The van der Waals surface area contributed by atoms with Gasteiger partial charge in [-0.1, -0.05) is 6.07 Å². The number of aliphatic hydroxyl groups is 1. The van der Waals surface area contributed by atoms with E-state index < -0.39 is 0 Å². The van der Waals surface area contributed by atoms with Gasteiger partial charge in [0.1, 0.15) is 17.5 Å². The maximum atomic E-state index is 11.7. The van der Waals surface area contributed by atoms with Gasteiger partial charge in [-0.25, -0.2) is 0 Å². The second kappa shape index (κ2) is 7.30. The van der Waals surface area contributed by atoms with Crippen LogP contribution in [0.2, 0.25) is 0 Å². The topological polar surface area (TPSA) is 82.3 Å². The Bertz CT molecular complexity index is 452. The minimum atomic E-state index is -0.190. The van der Waals surface area contributed by atoms with Crippen LogP contribution in [-0.4, -0.2) is 24.7 Å². The minimum absolute atomic E-state index is 0.0748. The summed E-state index contributed by atoms with van der Waals surface area (Å²) < 4.78 is 5.11. The van der Waals surface area contributed by atoms with Crippen LogP contribution in [0.15, 0.2) is 18.2 Å². The summed E-state index contributed by atoms with van der Waals surface area (Å²) in [5, 5.41) is 20.3. The van der Waals surface area contributed by atoms with Gasteiger partial charge in [-0.05, 0) is 25.0 Å². The van der Waals surface area contributed by atoms with E-state index in [2.05, 4.69) is 5.32 Å². The van der Waals surface area contributed by atoms with Gasteiger partial charge >= 0.3 is 0 Å². The van der Waals surface area contributed by atoms with Crippen LogP contribution in [0.1, 0.15) is 24.8 Å². The van der Waals surface area contributed by atoms with Crippen LogP contribution in [0.3, 0.4) is 0 Å². The first-order valence-corrected chi connectivity index (χ1v) is 5.70. The molecule has 1 aromatic rings. The molecule has 0 bridgehead atoms. The van der Waals surface area contributed by atoms with Gasteiger partial charge in [-0.2, -0.15) is 5.26 Å². The lowest BCUT2D eigenvalue weighted by molar-refractivity contribution is -0.116. The van der Waals surface area contributed by atoms with Gasteiger partial charge < -0.3 is 15.2 Å². The van der Waals surface area contributed by atoms with Crippen LogP contribution in [0, 0.1) is 11.3 Å². The molecule has 0 spiro atoms. The second-order valence-corrected chi connectivity index (χ2v) is 3.72. The minimum Gasteiger partial charge on any atom is -0.495 e. The van der Waals surface area contributed by atoms with Gasteiger partial charge in [0.05, 0.1) is 12.7 Å². The highest BCUT2D eigenvalue weighted by molar-refractivity contribution is 5.93. The van der Waals surface area contributed by atoms with E-state index in [0.29, 0.717) is 36.3 Å². The van der Waals surface area contributed by atoms with Crippen LogP contribution in [0.25, 0.3) is 0 Å². The lowest BCUT2D eigenvalue weighted by Crippen LogP contribution is -2.13. The Morgan fingerprint density at radius 2 is 2.28 bits per heavy atom. The molecule has 0 aliphatic heterocycles. The first-order valence-electron chi connectivity index (χ1n) is 5.70. The molecule has 5 heteroatoms. The predicted molar refractivity (Wildman–Crippen MR) is 67.3 cm³/mol. The first-order chi connectivity index (χ1) is 8.72. The third-order valence-corrected chi connectivity index (χ3v) is 2.44. The number of hydrogen-bond donors (Lipinski definition) is 2. The Morgan fingerprint density at radius 3 is 2.89 bits per heavy atom. The van der Waals surface area contributed by atoms with Gasteiger partial charge in [-0.15, -0.1) is 0 Å². The lowest BCUT2D eigenvalue weighted by atomic mass is 10.1. The van der Waals surface area contributed by atoms with Crippen LogP contribution < -0.4 is 10.1 Å². The number of carbonyl (C=O) groups excluding carboxylic acids is 1. The number of para-hydroxylation sites is 1. The molecule has 0 heterocycles. The molecule has 96 valence electrons. The van der Waals surface area contributed by atoms with Gasteiger partial charge in [0.15, 0.2) is 0 Å². The SMILES string of the molecule is COc1cccc(C#N)c1NC(=O)CCCCO. The zero-order valence-electron chi connectivity index (χ0n) is 10.3. The van der Waals surface area contributed by atoms with Crippen molar-refractivity contribution in [2.75, 3.05) is 19.0 Å². The molecule has 0 radical (unpaired) electrons. The molecule has 0 unspecified atom stereocenters. The highest BCUT2D eigenvalue weighted by Crippen LogP contribution is 2.27. The maximum Gasteiger partial charge on any atom is 0.224 e. The summed E-state index contributed by atoms with van der Waals surface area (Å²) >= 11 is 0. The summed E-state index contributed by atoms with van der Waals surface area (Å²) in [6, 6.07) is 7.00. The normalized spacial score (nSPS) is 9.61. The summed E-state index contributed by atoms with van der Waals surface area (Å²) in [5.41, 5.74) is 0.765. The number of ether oxygens (including phenoxy) is 1. The van der Waals surface area contributed by atoms with Crippen molar-refractivity contribution in [3.8, 4) is 11.8 Å². The Balaban J connectivity index is 2.77. The molecular formula is C13H16N2O3. The van der Waals surface area contributed by atoms with E-state index in [-0.39, 0.29) is 12.5 Å². The number of benzene rings is 1. The molecule has 1 rings (SSSR count). The number of nitriles is 1. The van der Waals surface area contributed by atoms with Crippen LogP contribution in [0.4, 0.5) is 5.69 Å². The molecule has 1 amide bonds. The molecule has 5 nitrogen and oxygen atoms in total. The fraction of sp³-hybridized carbons (Fsp3) is 0.385. The average molecular weight is 248 g/mol. The molecule has 0 saturated heterocycles. The van der Waals surface area contributed by atoms with Crippen molar-refractivity contribution in [3.05, 3.63) is 23.8 Å². The number of amides is 1. The van der Waals surface area contributed by atoms with E-state index >= 15 is 0 Å². The lowest BCUT2D eigenvalue weighted by Gasteiger charge is -2.11. The van der Waals surface area contributed by atoms with Crippen LogP contribution >= 0.6 is 0 Å². The maximum absolute atomic E-state index is 11.7. The number of anilines is 1. The summed E-state index contributed by atoms with van der Waals surface area (Å²) in [6.07, 6.45) is 1.51. The number of carbonyl (C=O) groups is 1. The fourth-order valence-corrected chi connectivity index (χ4v) is 1.52. The van der Waals surface area contributed by atoms with Gasteiger partial charge in [0.2, 0.25) is 5.91 Å². The number of methoxy groups -OCH3 is 1. The van der Waals surface area contributed by atoms with Crippen molar-refractivity contribution in [2.45, 2.75) is 19.3 Å². The molecule has 18 heavy (non-hydrogen) atoms. The number of aliphatic hydroxyl groups excluding tert-OH is 1. The Hall–Kier alpha value is -2.06. The summed E-state index contributed by atoms with van der Waals surface area (Å²) in [7, 11) is 1.48. The van der Waals surface area contributed by atoms with E-state index in [1.807, 2.05) is 6.07 Å². The molecule has 0 fully saturated rings. The number of nitrogens with one attached hydrogen (secondary N) is 1. The van der Waals surface area contributed by atoms with E-state index in [9.17, 15) is 4.79 Å². The van der Waals surface area contributed by atoms with Crippen molar-refractivity contribution in [1.82, 2.24) is 0 Å². The van der Waals surface area contributed by atoms with Gasteiger partial charge in [-0.3, -0.25) is 4.79 Å². The smallest absolute Gasteiger partial charge is 0.224 e. The monoisotopic (exact) mass is 248 g/mol. The molecule has 0 aliphatic carbocycles. The zero-order valence-corrected chi connectivity index (χ0v) is 10.3. The Labute approximate surface area is 106 Å². The molecule has 0 aromatic heterocycles. The largest absolute Gasteiger partial charge is 0.495 e. The van der Waals surface area contributed by atoms with E-state index in [1.165, 1.54) is 7.11 Å². The average Bonchev–Trinajstić information content (AvgIpc) is 2.39. The Kier molecular flexibility index (Phi) is 5.68. The fourth-order valence-electron chi connectivity index (χ4n) is 1.52. The second-order valence-electron chi connectivity index (χ2n) is 3.72. The van der Waals surface area contributed by atoms with Crippen molar-refractivity contribution in [2.24, 2.45) is 0 Å². The van der Waals surface area contributed by atoms with E-state index in [4.69, 9.17) is 15.1 Å². The van der Waals surface area contributed by atoms with E-state index in [1.54, 1.807) is 18.2 Å². The van der Waals surface area contributed by atoms with Crippen molar-refractivity contribution < 1.29 is 14.6 Å². The number of unbranched alkanes of at least 4 members (excludes halogenated alkanes) is 1. The van der Waals surface area contributed by atoms with Gasteiger partial charge in [0.25, 0.3) is 0 Å². The van der Waals surface area contributed by atoms with Crippen LogP contribution in [0.5, 0.6) is 5.75 Å². The Morgan fingerprint density at radius 1 is 1.50 bits per heavy atom. The van der Waals surface area contributed by atoms with Crippen molar-refractivity contribution in [3.63, 3.8) is 0 Å². The standard InChI is InChI=1S/C13H16N2O3/c1-18-11-6-4-5-10(9-14)13(11)15-12(17)7-2-3-8-16/h4-6,16H,2-3,7-8H2,1H3,(H,15,17). The third kappa shape index (κ3) is 3.75.